The summed E-state index contributed by atoms with van der Waals surface area (Å²) in [5.41, 5.74) is 1.96. The summed E-state index contributed by atoms with van der Waals surface area (Å²) in [7, 11) is 0. The highest BCUT2D eigenvalue weighted by Crippen LogP contribution is 2.32. The lowest BCUT2D eigenvalue weighted by Crippen LogP contribution is -2.15. The predicted octanol–water partition coefficient (Wildman–Crippen LogP) is 2.12. The van der Waals surface area contributed by atoms with Crippen molar-refractivity contribution in [3.8, 4) is 17.2 Å². The SMILES string of the molecule is c1cncc(CSc2nnnn2-c2ccc3c(c2)OCCO3)c1. The summed E-state index contributed by atoms with van der Waals surface area (Å²) < 4.78 is 12.8. The second-order valence-electron chi connectivity index (χ2n) is 4.85. The molecule has 4 rings (SSSR count). The Bertz CT molecular complexity index is 809. The van der Waals surface area contributed by atoms with E-state index >= 15 is 0 Å². The van der Waals surface area contributed by atoms with Crippen LogP contribution in [0.2, 0.25) is 0 Å². The number of tetrazole rings is 1. The van der Waals surface area contributed by atoms with E-state index in [4.69, 9.17) is 9.47 Å². The summed E-state index contributed by atoms with van der Waals surface area (Å²) in [4.78, 5) is 4.11. The minimum Gasteiger partial charge on any atom is -0.486 e. The number of thioether (sulfide) groups is 1. The Morgan fingerprint density at radius 2 is 2.04 bits per heavy atom. The molecule has 0 spiro atoms. The molecule has 0 bridgehead atoms. The summed E-state index contributed by atoms with van der Waals surface area (Å²) in [5, 5.41) is 12.7. The minimum absolute atomic E-state index is 0.550. The van der Waals surface area contributed by atoms with E-state index in [0.29, 0.717) is 24.1 Å². The maximum atomic E-state index is 5.61. The molecule has 3 aromatic rings. The van der Waals surface area contributed by atoms with Crippen molar-refractivity contribution < 1.29 is 9.47 Å². The van der Waals surface area contributed by atoms with Gasteiger partial charge in [-0.3, -0.25) is 4.98 Å². The number of aromatic nitrogens is 5. The molecule has 0 saturated heterocycles. The summed E-state index contributed by atoms with van der Waals surface area (Å²) >= 11 is 1.55. The Hall–Kier alpha value is -2.61. The molecule has 23 heavy (non-hydrogen) atoms. The maximum Gasteiger partial charge on any atom is 0.214 e. The third-order valence-corrected chi connectivity index (χ3v) is 4.29. The van der Waals surface area contributed by atoms with Crippen LogP contribution in [0.25, 0.3) is 5.69 Å². The van der Waals surface area contributed by atoms with Crippen molar-refractivity contribution >= 4 is 11.8 Å². The fourth-order valence-corrected chi connectivity index (χ4v) is 3.05. The fourth-order valence-electron chi connectivity index (χ4n) is 2.23. The molecule has 0 fully saturated rings. The van der Waals surface area contributed by atoms with Gasteiger partial charge in [0.05, 0.1) is 5.69 Å². The number of hydrogen-bond donors (Lipinski definition) is 0. The maximum absolute atomic E-state index is 5.61. The van der Waals surface area contributed by atoms with Gasteiger partial charge < -0.3 is 9.47 Å². The number of rotatable bonds is 4. The molecule has 0 atom stereocenters. The van der Waals surface area contributed by atoms with E-state index in [1.165, 1.54) is 0 Å². The number of nitrogens with zero attached hydrogens (tertiary/aromatic N) is 5. The average molecular weight is 327 g/mol. The van der Waals surface area contributed by atoms with Crippen LogP contribution in [-0.2, 0) is 5.75 Å². The van der Waals surface area contributed by atoms with Gasteiger partial charge >= 0.3 is 0 Å². The van der Waals surface area contributed by atoms with E-state index in [-0.39, 0.29) is 0 Å². The minimum atomic E-state index is 0.550. The summed E-state index contributed by atoms with van der Waals surface area (Å²) in [6, 6.07) is 9.62. The number of hydrogen-bond acceptors (Lipinski definition) is 7. The number of benzene rings is 1. The van der Waals surface area contributed by atoms with Crippen LogP contribution in [0.3, 0.4) is 0 Å². The lowest BCUT2D eigenvalue weighted by atomic mass is 10.2. The van der Waals surface area contributed by atoms with Gasteiger partial charge in [0, 0.05) is 24.2 Å². The highest BCUT2D eigenvalue weighted by Gasteiger charge is 2.15. The molecule has 7 nitrogen and oxygen atoms in total. The van der Waals surface area contributed by atoms with Gasteiger partial charge in [-0.15, -0.1) is 5.10 Å². The van der Waals surface area contributed by atoms with Crippen molar-refractivity contribution in [1.82, 2.24) is 25.2 Å². The lowest BCUT2D eigenvalue weighted by molar-refractivity contribution is 0.171. The van der Waals surface area contributed by atoms with E-state index in [1.54, 1.807) is 22.6 Å². The molecule has 3 heterocycles. The Morgan fingerprint density at radius 1 is 1.13 bits per heavy atom. The van der Waals surface area contributed by atoms with Crippen molar-refractivity contribution in [3.63, 3.8) is 0 Å². The number of pyridine rings is 1. The van der Waals surface area contributed by atoms with E-state index in [0.717, 1.165) is 22.8 Å². The van der Waals surface area contributed by atoms with Gasteiger partial charge in [0.2, 0.25) is 5.16 Å². The first-order valence-corrected chi connectivity index (χ1v) is 8.09. The van der Waals surface area contributed by atoms with Gasteiger partial charge in [-0.2, -0.15) is 4.68 Å². The molecule has 0 saturated carbocycles. The topological polar surface area (TPSA) is 75.0 Å². The van der Waals surface area contributed by atoms with Crippen molar-refractivity contribution in [3.05, 3.63) is 48.3 Å². The van der Waals surface area contributed by atoms with E-state index in [2.05, 4.69) is 20.5 Å². The van der Waals surface area contributed by atoms with Crippen molar-refractivity contribution in [2.24, 2.45) is 0 Å². The molecule has 2 aromatic heterocycles. The molecule has 1 aliphatic heterocycles. The molecule has 1 aromatic carbocycles. The molecule has 0 amide bonds. The largest absolute Gasteiger partial charge is 0.486 e. The van der Waals surface area contributed by atoms with Crippen molar-refractivity contribution in [1.29, 1.82) is 0 Å². The van der Waals surface area contributed by atoms with E-state index in [1.807, 2.05) is 36.5 Å². The number of ether oxygens (including phenoxy) is 2. The molecule has 0 unspecified atom stereocenters. The second-order valence-corrected chi connectivity index (χ2v) is 5.79. The summed E-state index contributed by atoms with van der Waals surface area (Å²) in [6.07, 6.45) is 3.60. The average Bonchev–Trinajstić information content (AvgIpc) is 3.09. The molecule has 116 valence electrons. The molecule has 8 heteroatoms. The quantitative estimate of drug-likeness (QED) is 0.679. The van der Waals surface area contributed by atoms with Crippen LogP contribution in [0.1, 0.15) is 5.56 Å². The zero-order chi connectivity index (χ0) is 15.5. The molecule has 0 aliphatic carbocycles. The summed E-state index contributed by atoms with van der Waals surface area (Å²) in [6.45, 7) is 1.12. The normalized spacial score (nSPS) is 13.0. The Morgan fingerprint density at radius 3 is 2.91 bits per heavy atom. The standard InChI is InChI=1S/C15H13N5O2S/c1-2-11(9-16-5-1)10-23-15-17-18-19-20(15)12-3-4-13-14(8-12)22-7-6-21-13/h1-5,8-9H,6-7,10H2. The first-order chi connectivity index (χ1) is 11.4. The highest BCUT2D eigenvalue weighted by molar-refractivity contribution is 7.98. The highest BCUT2D eigenvalue weighted by atomic mass is 32.2. The first-order valence-electron chi connectivity index (χ1n) is 7.10. The van der Waals surface area contributed by atoms with Gasteiger partial charge in [-0.25, -0.2) is 0 Å². The van der Waals surface area contributed by atoms with Gasteiger partial charge in [0.25, 0.3) is 0 Å². The van der Waals surface area contributed by atoms with Crippen LogP contribution >= 0.6 is 11.8 Å². The second kappa shape index (κ2) is 6.25. The molecule has 1 aliphatic rings. The van der Waals surface area contributed by atoms with Gasteiger partial charge in [0.15, 0.2) is 11.5 Å². The van der Waals surface area contributed by atoms with Gasteiger partial charge in [-0.05, 0) is 34.2 Å². The van der Waals surface area contributed by atoms with Crippen LogP contribution in [-0.4, -0.2) is 38.4 Å². The van der Waals surface area contributed by atoms with E-state index in [9.17, 15) is 0 Å². The van der Waals surface area contributed by atoms with Gasteiger partial charge in [-0.1, -0.05) is 17.8 Å². The lowest BCUT2D eigenvalue weighted by Gasteiger charge is -2.18. The molecule has 0 radical (unpaired) electrons. The third kappa shape index (κ3) is 2.98. The van der Waals surface area contributed by atoms with E-state index < -0.39 is 0 Å². The smallest absolute Gasteiger partial charge is 0.214 e. The molecular weight excluding hydrogens is 314 g/mol. The van der Waals surface area contributed by atoms with Crippen molar-refractivity contribution in [2.45, 2.75) is 10.9 Å². The van der Waals surface area contributed by atoms with Crippen LogP contribution in [0.15, 0.2) is 47.9 Å². The van der Waals surface area contributed by atoms with Crippen LogP contribution in [0.5, 0.6) is 11.5 Å². The Balaban J connectivity index is 1.57. The Labute approximate surface area is 136 Å². The van der Waals surface area contributed by atoms with Crippen LogP contribution in [0, 0.1) is 0 Å². The molecule has 0 N–H and O–H groups in total. The van der Waals surface area contributed by atoms with Crippen LogP contribution < -0.4 is 9.47 Å². The first kappa shape index (κ1) is 14.0. The molecular formula is C15H13N5O2S. The number of fused-ring (bicyclic) bond motifs is 1. The Kier molecular flexibility index (Phi) is 3.81. The van der Waals surface area contributed by atoms with Gasteiger partial charge in [0.1, 0.15) is 13.2 Å². The zero-order valence-electron chi connectivity index (χ0n) is 12.1. The predicted molar refractivity (Wildman–Crippen MR) is 83.9 cm³/mol. The van der Waals surface area contributed by atoms with Crippen LogP contribution in [0.4, 0.5) is 0 Å². The monoisotopic (exact) mass is 327 g/mol. The zero-order valence-corrected chi connectivity index (χ0v) is 12.9. The summed E-state index contributed by atoms with van der Waals surface area (Å²) in [5.74, 6) is 2.21. The fraction of sp³-hybridized carbons (Fsp3) is 0.200. The van der Waals surface area contributed by atoms with Crippen molar-refractivity contribution in [2.75, 3.05) is 13.2 Å². The third-order valence-electron chi connectivity index (χ3n) is 3.30.